The van der Waals surface area contributed by atoms with Gasteiger partial charge in [-0.25, -0.2) is 0 Å². The van der Waals surface area contributed by atoms with Gasteiger partial charge in [-0.3, -0.25) is 0 Å². The maximum Gasteiger partial charge on any atom is 0.00844 e. The van der Waals surface area contributed by atoms with Crippen LogP contribution < -0.4 is 0 Å². The summed E-state index contributed by atoms with van der Waals surface area (Å²) < 4.78 is 0. The van der Waals surface area contributed by atoms with E-state index in [0.717, 1.165) is 0 Å². The molecule has 0 saturated carbocycles. The molecule has 0 radical (unpaired) electrons. The first-order valence-electron chi connectivity index (χ1n) is 3.12. The van der Waals surface area contributed by atoms with Crippen LogP contribution >= 0.6 is 11.3 Å². The second-order valence-electron chi connectivity index (χ2n) is 2.11. The fourth-order valence-corrected chi connectivity index (χ4v) is 1.60. The van der Waals surface area contributed by atoms with Crippen LogP contribution in [0.15, 0.2) is 35.3 Å². The van der Waals surface area contributed by atoms with Crippen molar-refractivity contribution in [3.63, 3.8) is 0 Å². The molecule has 1 nitrogen and oxygen atoms in total. The van der Waals surface area contributed by atoms with Crippen molar-refractivity contribution < 1.29 is 0 Å². The van der Waals surface area contributed by atoms with Crippen molar-refractivity contribution in [3.8, 4) is 11.1 Å². The molecule has 0 aromatic carbocycles. The molecule has 2 aromatic heterocycles. The molecule has 0 aliphatic carbocycles. The number of nitrogens with one attached hydrogen (secondary N) is 1. The summed E-state index contributed by atoms with van der Waals surface area (Å²) in [4.78, 5) is 3.02. The minimum absolute atomic E-state index is 1.27. The second-order valence-corrected chi connectivity index (χ2v) is 2.89. The van der Waals surface area contributed by atoms with Crippen molar-refractivity contribution in [2.75, 3.05) is 0 Å². The summed E-state index contributed by atoms with van der Waals surface area (Å²) in [7, 11) is 0. The lowest BCUT2D eigenvalue weighted by Crippen LogP contribution is -1.62. The van der Waals surface area contributed by atoms with Gasteiger partial charge < -0.3 is 4.98 Å². The van der Waals surface area contributed by atoms with E-state index in [0.29, 0.717) is 0 Å². The first-order chi connectivity index (χ1) is 4.97. The summed E-state index contributed by atoms with van der Waals surface area (Å²) in [5, 5.41) is 4.23. The van der Waals surface area contributed by atoms with E-state index in [1.165, 1.54) is 11.1 Å². The molecular weight excluding hydrogens is 142 g/mol. The van der Waals surface area contributed by atoms with E-state index in [9.17, 15) is 0 Å². The average Bonchev–Trinajstić information content (AvgIpc) is 2.59. The van der Waals surface area contributed by atoms with Crippen LogP contribution in [0.1, 0.15) is 0 Å². The van der Waals surface area contributed by atoms with E-state index in [4.69, 9.17) is 0 Å². The van der Waals surface area contributed by atoms with Crippen LogP contribution in [-0.2, 0) is 0 Å². The molecule has 0 amide bonds. The van der Waals surface area contributed by atoms with E-state index in [2.05, 4.69) is 27.9 Å². The van der Waals surface area contributed by atoms with Crippen LogP contribution in [0, 0.1) is 0 Å². The summed E-state index contributed by atoms with van der Waals surface area (Å²) in [5.74, 6) is 0. The second kappa shape index (κ2) is 2.31. The highest BCUT2D eigenvalue weighted by Gasteiger charge is 1.94. The number of hydrogen-bond donors (Lipinski definition) is 1. The minimum atomic E-state index is 1.27. The Morgan fingerprint density at radius 1 is 1.20 bits per heavy atom. The molecule has 0 saturated heterocycles. The van der Waals surface area contributed by atoms with Crippen LogP contribution in [0.25, 0.3) is 11.1 Å². The van der Waals surface area contributed by atoms with Crippen molar-refractivity contribution in [3.05, 3.63) is 35.3 Å². The maximum atomic E-state index is 3.02. The summed E-state index contributed by atoms with van der Waals surface area (Å²) in [6.07, 6.45) is 3.94. The van der Waals surface area contributed by atoms with Gasteiger partial charge in [0.15, 0.2) is 0 Å². The Labute approximate surface area is 63.3 Å². The number of rotatable bonds is 1. The van der Waals surface area contributed by atoms with Gasteiger partial charge in [-0.15, -0.1) is 0 Å². The molecule has 2 heteroatoms. The maximum absolute atomic E-state index is 3.02. The van der Waals surface area contributed by atoms with Gasteiger partial charge >= 0.3 is 0 Å². The number of aromatic nitrogens is 1. The number of thiophene rings is 1. The molecule has 0 aliphatic rings. The minimum Gasteiger partial charge on any atom is -0.367 e. The highest BCUT2D eigenvalue weighted by molar-refractivity contribution is 7.08. The third-order valence-corrected chi connectivity index (χ3v) is 2.14. The zero-order valence-electron chi connectivity index (χ0n) is 5.37. The molecule has 1 N–H and O–H groups in total. The quantitative estimate of drug-likeness (QED) is 0.641. The molecule has 10 heavy (non-hydrogen) atoms. The van der Waals surface area contributed by atoms with Gasteiger partial charge in [-0.1, -0.05) is 0 Å². The van der Waals surface area contributed by atoms with Gasteiger partial charge in [-0.2, -0.15) is 11.3 Å². The predicted molar refractivity (Wildman–Crippen MR) is 44.1 cm³/mol. The molecule has 50 valence electrons. The lowest BCUT2D eigenvalue weighted by Gasteiger charge is -1.85. The molecule has 2 aromatic rings. The highest BCUT2D eigenvalue weighted by atomic mass is 32.1. The Morgan fingerprint density at radius 3 is 2.80 bits per heavy atom. The summed E-state index contributed by atoms with van der Waals surface area (Å²) in [5.41, 5.74) is 2.56. The third kappa shape index (κ3) is 0.866. The molecule has 0 atom stereocenters. The number of hydrogen-bond acceptors (Lipinski definition) is 1. The van der Waals surface area contributed by atoms with Gasteiger partial charge in [0.25, 0.3) is 0 Å². The Bertz CT molecular complexity index is 249. The van der Waals surface area contributed by atoms with Crippen LogP contribution in [0.4, 0.5) is 0 Å². The number of aromatic amines is 1. The van der Waals surface area contributed by atoms with E-state index in [1.54, 1.807) is 11.3 Å². The summed E-state index contributed by atoms with van der Waals surface area (Å²) in [6.45, 7) is 0. The van der Waals surface area contributed by atoms with E-state index >= 15 is 0 Å². The molecule has 0 spiro atoms. The Balaban J connectivity index is 2.48. The largest absolute Gasteiger partial charge is 0.367 e. The monoisotopic (exact) mass is 149 g/mol. The van der Waals surface area contributed by atoms with Gasteiger partial charge in [0, 0.05) is 12.4 Å². The predicted octanol–water partition coefficient (Wildman–Crippen LogP) is 2.74. The zero-order chi connectivity index (χ0) is 6.81. The Hall–Kier alpha value is -1.02. The van der Waals surface area contributed by atoms with Crippen molar-refractivity contribution in [2.45, 2.75) is 0 Å². The normalized spacial score (nSPS) is 10.0. The molecule has 0 unspecified atom stereocenters. The molecule has 0 bridgehead atoms. The van der Waals surface area contributed by atoms with Gasteiger partial charge in [-0.05, 0) is 34.0 Å². The molecular formula is C8H7NS. The van der Waals surface area contributed by atoms with Crippen LogP contribution in [-0.4, -0.2) is 4.98 Å². The van der Waals surface area contributed by atoms with Crippen LogP contribution in [0.3, 0.4) is 0 Å². The van der Waals surface area contributed by atoms with Crippen LogP contribution in [0.2, 0.25) is 0 Å². The average molecular weight is 149 g/mol. The van der Waals surface area contributed by atoms with E-state index in [-0.39, 0.29) is 0 Å². The standard InChI is InChI=1S/C8H7NS/c1-3-9-5-7(1)8-2-4-10-6-8/h1-6,9H. The van der Waals surface area contributed by atoms with Crippen LogP contribution in [0.5, 0.6) is 0 Å². The van der Waals surface area contributed by atoms with E-state index < -0.39 is 0 Å². The van der Waals surface area contributed by atoms with Crippen molar-refractivity contribution in [2.24, 2.45) is 0 Å². The first kappa shape index (κ1) is 5.74. The molecule has 2 heterocycles. The summed E-state index contributed by atoms with van der Waals surface area (Å²) >= 11 is 1.72. The zero-order valence-corrected chi connectivity index (χ0v) is 6.19. The van der Waals surface area contributed by atoms with Crippen molar-refractivity contribution in [1.82, 2.24) is 4.98 Å². The highest BCUT2D eigenvalue weighted by Crippen LogP contribution is 2.20. The summed E-state index contributed by atoms with van der Waals surface area (Å²) in [6, 6.07) is 4.19. The van der Waals surface area contributed by atoms with Crippen molar-refractivity contribution in [1.29, 1.82) is 0 Å². The topological polar surface area (TPSA) is 15.8 Å². The fourth-order valence-electron chi connectivity index (χ4n) is 0.932. The van der Waals surface area contributed by atoms with Gasteiger partial charge in [0.05, 0.1) is 0 Å². The SMILES string of the molecule is c1cc(-c2ccsc2)c[nH]1. The van der Waals surface area contributed by atoms with Gasteiger partial charge in [0.2, 0.25) is 0 Å². The van der Waals surface area contributed by atoms with Gasteiger partial charge in [0.1, 0.15) is 0 Å². The lowest BCUT2D eigenvalue weighted by molar-refractivity contribution is 1.41. The number of H-pyrrole nitrogens is 1. The van der Waals surface area contributed by atoms with Crippen molar-refractivity contribution >= 4 is 11.3 Å². The smallest absolute Gasteiger partial charge is 0.00844 e. The molecule has 0 aliphatic heterocycles. The first-order valence-corrected chi connectivity index (χ1v) is 4.06. The molecule has 0 fully saturated rings. The fraction of sp³-hybridized carbons (Fsp3) is 0. The Kier molecular flexibility index (Phi) is 1.32. The third-order valence-electron chi connectivity index (χ3n) is 1.45. The van der Waals surface area contributed by atoms with E-state index in [1.807, 2.05) is 12.4 Å². The molecule has 2 rings (SSSR count). The Morgan fingerprint density at radius 2 is 2.20 bits per heavy atom. The lowest BCUT2D eigenvalue weighted by atomic mass is 10.2.